The molecule has 4 nitrogen and oxygen atoms in total. The normalized spacial score (nSPS) is 19.7. The molecule has 2 atom stereocenters. The molecule has 0 aromatic heterocycles. The number of nitrogens with zero attached hydrogens (tertiary/aromatic N) is 1. The van der Waals surface area contributed by atoms with Gasteiger partial charge in [0.2, 0.25) is 0 Å². The van der Waals surface area contributed by atoms with E-state index in [4.69, 9.17) is 9.47 Å². The van der Waals surface area contributed by atoms with Gasteiger partial charge in [0.25, 0.3) is 5.91 Å². The molecule has 2 aromatic rings. The van der Waals surface area contributed by atoms with Crippen LogP contribution in [0.4, 0.5) is 4.39 Å². The highest BCUT2D eigenvalue weighted by Gasteiger charge is 2.38. The van der Waals surface area contributed by atoms with Crippen molar-refractivity contribution in [1.82, 2.24) is 4.90 Å². The molecule has 0 unspecified atom stereocenters. The van der Waals surface area contributed by atoms with Crippen LogP contribution in [0.15, 0.2) is 40.9 Å². The third-order valence-corrected chi connectivity index (χ3v) is 5.24. The van der Waals surface area contributed by atoms with Crippen molar-refractivity contribution in [3.05, 3.63) is 63.4 Å². The van der Waals surface area contributed by atoms with Gasteiger partial charge < -0.3 is 14.4 Å². The summed E-state index contributed by atoms with van der Waals surface area (Å²) in [5.74, 6) is -0.372. The van der Waals surface area contributed by atoms with Gasteiger partial charge in [-0.3, -0.25) is 4.79 Å². The fourth-order valence-electron chi connectivity index (χ4n) is 3.12. The van der Waals surface area contributed by atoms with Crippen LogP contribution in [0.3, 0.4) is 0 Å². The van der Waals surface area contributed by atoms with E-state index < -0.39 is 11.9 Å². The van der Waals surface area contributed by atoms with Crippen LogP contribution in [-0.4, -0.2) is 43.2 Å². The summed E-state index contributed by atoms with van der Waals surface area (Å²) in [4.78, 5) is 14.6. The number of rotatable bonds is 4. The summed E-state index contributed by atoms with van der Waals surface area (Å²) in [6.45, 7) is 4.63. The zero-order valence-corrected chi connectivity index (χ0v) is 16.5. The second kappa shape index (κ2) is 7.76. The Morgan fingerprint density at radius 2 is 1.92 bits per heavy atom. The first-order valence-corrected chi connectivity index (χ1v) is 9.20. The molecule has 0 aliphatic carbocycles. The van der Waals surface area contributed by atoms with Crippen molar-refractivity contribution in [2.75, 3.05) is 20.2 Å². The number of ether oxygens (including phenoxy) is 2. The molecule has 6 heteroatoms. The molecule has 0 radical (unpaired) electrons. The molecule has 1 amide bonds. The smallest absolute Gasteiger partial charge is 0.254 e. The molecule has 0 N–H and O–H groups in total. The van der Waals surface area contributed by atoms with Gasteiger partial charge in [0.15, 0.2) is 11.6 Å². The maximum atomic E-state index is 14.2. The van der Waals surface area contributed by atoms with Crippen molar-refractivity contribution >= 4 is 21.8 Å². The fraction of sp³-hybridized carbons (Fsp3) is 0.350. The monoisotopic (exact) mass is 421 g/mol. The van der Waals surface area contributed by atoms with Gasteiger partial charge in [-0.25, -0.2) is 4.39 Å². The SMILES string of the molecule is CO[C@@H]1CN(C(=O)c2cc(C)ccc2C)C[C@H]1Oc1cccc(Br)c1F. The summed E-state index contributed by atoms with van der Waals surface area (Å²) in [6.07, 6.45) is -0.750. The minimum atomic E-state index is -0.457. The second-order valence-electron chi connectivity index (χ2n) is 6.51. The van der Waals surface area contributed by atoms with E-state index >= 15 is 0 Å². The van der Waals surface area contributed by atoms with Crippen LogP contribution < -0.4 is 4.74 Å². The summed E-state index contributed by atoms with van der Waals surface area (Å²) < 4.78 is 25.9. The van der Waals surface area contributed by atoms with Crippen LogP contribution in [0.5, 0.6) is 5.75 Å². The standard InChI is InChI=1S/C20H21BrFNO3/c1-12-7-8-13(2)14(9-12)20(24)23-10-17(25-3)18(11-23)26-16-6-4-5-15(21)19(16)22/h4-9,17-18H,10-11H2,1-3H3/t17-,18-/m1/s1. The van der Waals surface area contributed by atoms with Gasteiger partial charge in [-0.15, -0.1) is 0 Å². The topological polar surface area (TPSA) is 38.8 Å². The first kappa shape index (κ1) is 18.9. The summed E-state index contributed by atoms with van der Waals surface area (Å²) in [7, 11) is 1.57. The number of aryl methyl sites for hydroxylation is 2. The number of carbonyl (C=O) groups excluding carboxylic acids is 1. The quantitative estimate of drug-likeness (QED) is 0.744. The van der Waals surface area contributed by atoms with E-state index in [-0.39, 0.29) is 17.8 Å². The van der Waals surface area contributed by atoms with Crippen LogP contribution in [-0.2, 0) is 4.74 Å². The average Bonchev–Trinajstić information content (AvgIpc) is 3.03. The molecule has 2 aromatic carbocycles. The van der Waals surface area contributed by atoms with Gasteiger partial charge in [-0.2, -0.15) is 0 Å². The summed E-state index contributed by atoms with van der Waals surface area (Å²) in [5.41, 5.74) is 2.64. The van der Waals surface area contributed by atoms with E-state index in [2.05, 4.69) is 15.9 Å². The largest absolute Gasteiger partial charge is 0.483 e. The molecule has 1 fully saturated rings. The molecule has 26 heavy (non-hydrogen) atoms. The van der Waals surface area contributed by atoms with Crippen molar-refractivity contribution in [1.29, 1.82) is 0 Å². The zero-order valence-electron chi connectivity index (χ0n) is 15.0. The second-order valence-corrected chi connectivity index (χ2v) is 7.37. The number of hydrogen-bond donors (Lipinski definition) is 0. The first-order chi connectivity index (χ1) is 12.4. The number of hydrogen-bond acceptors (Lipinski definition) is 3. The lowest BCUT2D eigenvalue weighted by molar-refractivity contribution is 0.0322. The lowest BCUT2D eigenvalue weighted by atomic mass is 10.0. The summed E-state index contributed by atoms with van der Waals surface area (Å²) in [5, 5.41) is 0. The molecule has 1 saturated heterocycles. The fourth-order valence-corrected chi connectivity index (χ4v) is 3.47. The third-order valence-electron chi connectivity index (χ3n) is 4.62. The van der Waals surface area contributed by atoms with Crippen molar-refractivity contribution in [2.45, 2.75) is 26.1 Å². The minimum absolute atomic E-state index is 0.0611. The Bertz CT molecular complexity index is 827. The van der Waals surface area contributed by atoms with E-state index in [1.54, 1.807) is 30.2 Å². The van der Waals surface area contributed by atoms with Gasteiger partial charge in [-0.1, -0.05) is 23.8 Å². The lowest BCUT2D eigenvalue weighted by Crippen LogP contribution is -2.32. The number of halogens is 2. The Hall–Kier alpha value is -1.92. The summed E-state index contributed by atoms with van der Waals surface area (Å²) >= 11 is 3.16. The molecule has 1 aliphatic heterocycles. The van der Waals surface area contributed by atoms with Crippen LogP contribution in [0.25, 0.3) is 0 Å². The van der Waals surface area contributed by atoms with Crippen LogP contribution in [0, 0.1) is 19.7 Å². The molecule has 1 heterocycles. The van der Waals surface area contributed by atoms with Crippen molar-refractivity contribution in [3.63, 3.8) is 0 Å². The maximum absolute atomic E-state index is 14.2. The Kier molecular flexibility index (Phi) is 5.63. The number of methoxy groups -OCH3 is 1. The predicted molar refractivity (Wildman–Crippen MR) is 101 cm³/mol. The zero-order chi connectivity index (χ0) is 18.8. The minimum Gasteiger partial charge on any atom is -0.483 e. The highest BCUT2D eigenvalue weighted by atomic mass is 79.9. The number of amides is 1. The number of likely N-dealkylation sites (tertiary alicyclic amines) is 1. The first-order valence-electron chi connectivity index (χ1n) is 8.40. The van der Waals surface area contributed by atoms with Crippen molar-refractivity contribution in [2.24, 2.45) is 0 Å². The van der Waals surface area contributed by atoms with Gasteiger partial charge in [0.05, 0.1) is 17.6 Å². The molecular formula is C20H21BrFNO3. The van der Waals surface area contributed by atoms with E-state index in [1.807, 2.05) is 32.0 Å². The van der Waals surface area contributed by atoms with E-state index in [0.29, 0.717) is 23.1 Å². The van der Waals surface area contributed by atoms with E-state index in [9.17, 15) is 9.18 Å². The molecule has 0 spiro atoms. The molecular weight excluding hydrogens is 401 g/mol. The van der Waals surface area contributed by atoms with Gasteiger partial charge in [0, 0.05) is 12.7 Å². The Morgan fingerprint density at radius 1 is 1.19 bits per heavy atom. The Morgan fingerprint density at radius 3 is 2.65 bits per heavy atom. The Labute approximate surface area is 161 Å². The maximum Gasteiger partial charge on any atom is 0.254 e. The average molecular weight is 422 g/mol. The molecule has 0 saturated carbocycles. The highest BCUT2D eigenvalue weighted by molar-refractivity contribution is 9.10. The van der Waals surface area contributed by atoms with Crippen LogP contribution >= 0.6 is 15.9 Å². The number of carbonyl (C=O) groups is 1. The van der Waals surface area contributed by atoms with Crippen molar-refractivity contribution in [3.8, 4) is 5.75 Å². The van der Waals surface area contributed by atoms with E-state index in [0.717, 1.165) is 11.1 Å². The molecule has 0 bridgehead atoms. The lowest BCUT2D eigenvalue weighted by Gasteiger charge is -2.19. The van der Waals surface area contributed by atoms with Crippen LogP contribution in [0.1, 0.15) is 21.5 Å². The molecule has 1 aliphatic rings. The summed E-state index contributed by atoms with van der Waals surface area (Å²) in [6, 6.07) is 10.7. The Balaban J connectivity index is 1.79. The highest BCUT2D eigenvalue weighted by Crippen LogP contribution is 2.28. The van der Waals surface area contributed by atoms with Gasteiger partial charge in [-0.05, 0) is 53.5 Å². The predicted octanol–water partition coefficient (Wildman–Crippen LogP) is 4.12. The number of benzene rings is 2. The van der Waals surface area contributed by atoms with Crippen molar-refractivity contribution < 1.29 is 18.7 Å². The van der Waals surface area contributed by atoms with Crippen LogP contribution in [0.2, 0.25) is 0 Å². The van der Waals surface area contributed by atoms with E-state index in [1.165, 1.54) is 0 Å². The third kappa shape index (κ3) is 3.76. The molecule has 3 rings (SSSR count). The van der Waals surface area contributed by atoms with Gasteiger partial charge in [0.1, 0.15) is 12.2 Å². The van der Waals surface area contributed by atoms with Gasteiger partial charge >= 0.3 is 0 Å². The molecule has 138 valence electrons.